The first-order chi connectivity index (χ1) is 29.1. The van der Waals surface area contributed by atoms with E-state index in [0.717, 1.165) is 42.9 Å². The van der Waals surface area contributed by atoms with Gasteiger partial charge in [0.1, 0.15) is 23.1 Å². The van der Waals surface area contributed by atoms with Crippen LogP contribution in [0.5, 0.6) is 0 Å². The van der Waals surface area contributed by atoms with E-state index in [4.69, 9.17) is 9.97 Å². The number of anilines is 2. The summed E-state index contributed by atoms with van der Waals surface area (Å²) in [4.78, 5) is 13.3. The molecule has 0 saturated heterocycles. The van der Waals surface area contributed by atoms with Crippen LogP contribution in [0, 0.1) is 33.6 Å². The van der Waals surface area contributed by atoms with Crippen LogP contribution in [0.2, 0.25) is 0 Å². The molecular formula is C55H56N5+. The lowest BCUT2D eigenvalue weighted by molar-refractivity contribution is -0.743. The molecule has 0 aliphatic carbocycles. The Hall–Kier alpha value is -5.81. The van der Waals surface area contributed by atoms with Crippen LogP contribution in [0.15, 0.2) is 116 Å². The van der Waals surface area contributed by atoms with E-state index in [1.807, 2.05) is 0 Å². The zero-order chi connectivity index (χ0) is 41.2. The quantitative estimate of drug-likeness (QED) is 0.129. The summed E-state index contributed by atoms with van der Waals surface area (Å²) in [5.74, 6) is 3.21. The molecule has 5 aromatic carbocycles. The van der Waals surface area contributed by atoms with E-state index in [2.05, 4.69) is 185 Å². The summed E-state index contributed by atoms with van der Waals surface area (Å²) >= 11 is 0. The lowest BCUT2D eigenvalue weighted by Crippen LogP contribution is -2.55. The smallest absolute Gasteiger partial charge is 0.295 e. The van der Waals surface area contributed by atoms with Gasteiger partial charge >= 0.3 is 0 Å². The van der Waals surface area contributed by atoms with Crippen LogP contribution < -0.4 is 9.47 Å². The van der Waals surface area contributed by atoms with Crippen molar-refractivity contribution in [2.75, 3.05) is 4.90 Å². The molecule has 60 heavy (non-hydrogen) atoms. The second-order valence-corrected chi connectivity index (χ2v) is 18.7. The minimum Gasteiger partial charge on any atom is -0.322 e. The van der Waals surface area contributed by atoms with Crippen molar-refractivity contribution in [2.24, 2.45) is 5.92 Å². The van der Waals surface area contributed by atoms with Crippen LogP contribution in [-0.4, -0.2) is 20.4 Å². The van der Waals surface area contributed by atoms with Gasteiger partial charge in [0.05, 0.1) is 5.39 Å². The van der Waals surface area contributed by atoms with Crippen molar-refractivity contribution < 1.29 is 4.57 Å². The van der Waals surface area contributed by atoms with Gasteiger partial charge in [-0.2, -0.15) is 4.40 Å². The van der Waals surface area contributed by atoms with E-state index >= 15 is 0 Å². The van der Waals surface area contributed by atoms with E-state index in [9.17, 15) is 0 Å². The number of aromatic nitrogens is 4. The Morgan fingerprint density at radius 3 is 2.25 bits per heavy atom. The molecule has 6 heterocycles. The third-order valence-electron chi connectivity index (χ3n) is 15.6. The molecule has 0 spiro atoms. The Kier molecular flexibility index (Phi) is 8.44. The van der Waals surface area contributed by atoms with Crippen LogP contribution in [0.4, 0.5) is 11.5 Å². The topological polar surface area (TPSA) is 37.3 Å². The Balaban J connectivity index is 1.22. The zero-order valence-corrected chi connectivity index (χ0v) is 36.4. The van der Waals surface area contributed by atoms with Crippen molar-refractivity contribution in [3.63, 3.8) is 0 Å². The molecule has 5 atom stereocenters. The molecule has 3 aliphatic rings. The van der Waals surface area contributed by atoms with Crippen LogP contribution >= 0.6 is 0 Å². The number of imidazole rings is 1. The van der Waals surface area contributed by atoms with Crippen molar-refractivity contribution in [3.8, 4) is 22.6 Å². The molecule has 3 aliphatic heterocycles. The van der Waals surface area contributed by atoms with Crippen LogP contribution in [0.25, 0.3) is 50.0 Å². The minimum atomic E-state index is -0.112. The van der Waals surface area contributed by atoms with Gasteiger partial charge in [-0.3, -0.25) is 0 Å². The molecule has 8 aromatic rings. The fourth-order valence-corrected chi connectivity index (χ4v) is 12.2. The third kappa shape index (κ3) is 5.14. The van der Waals surface area contributed by atoms with Gasteiger partial charge in [0.2, 0.25) is 0 Å². The largest absolute Gasteiger partial charge is 0.322 e. The number of hydrogen-bond donors (Lipinski definition) is 0. The van der Waals surface area contributed by atoms with E-state index < -0.39 is 0 Å². The lowest BCUT2D eigenvalue weighted by Gasteiger charge is -2.38. The van der Waals surface area contributed by atoms with Gasteiger partial charge < -0.3 is 4.90 Å². The van der Waals surface area contributed by atoms with Crippen molar-refractivity contribution in [2.45, 2.75) is 110 Å². The molecule has 0 amide bonds. The van der Waals surface area contributed by atoms with Crippen molar-refractivity contribution >= 4 is 38.8 Å². The van der Waals surface area contributed by atoms with E-state index in [0.29, 0.717) is 11.8 Å². The van der Waals surface area contributed by atoms with Gasteiger partial charge in [-0.25, -0.2) is 14.5 Å². The SMILES string of the molecule is CCC1(CC)CC(C2c3ccccc3N3c4nc(-c5ccccc5C)ncc4C(C)C(C)CC23)c2cccc3c4cc(C)ccc4n4c(-c5c(C)cccc5C)c[n+]1c4c23. The highest BCUT2D eigenvalue weighted by Gasteiger charge is 2.52. The van der Waals surface area contributed by atoms with Crippen molar-refractivity contribution in [3.05, 3.63) is 154 Å². The highest BCUT2D eigenvalue weighted by Crippen LogP contribution is 2.59. The maximum Gasteiger partial charge on any atom is 0.295 e. The lowest BCUT2D eigenvalue weighted by atomic mass is 9.69. The monoisotopic (exact) mass is 786 g/mol. The molecule has 11 rings (SSSR count). The van der Waals surface area contributed by atoms with Gasteiger partial charge in [0.25, 0.3) is 5.65 Å². The van der Waals surface area contributed by atoms with E-state index in [1.165, 1.54) is 83.2 Å². The third-order valence-corrected chi connectivity index (χ3v) is 15.6. The average molecular weight is 787 g/mol. The molecular weight excluding hydrogens is 731 g/mol. The highest BCUT2D eigenvalue weighted by atomic mass is 15.3. The van der Waals surface area contributed by atoms with Crippen LogP contribution in [-0.2, 0) is 5.54 Å². The summed E-state index contributed by atoms with van der Waals surface area (Å²) in [7, 11) is 0. The molecule has 0 fully saturated rings. The number of hydrogen-bond acceptors (Lipinski definition) is 3. The number of nitrogens with zero attached hydrogens (tertiary/aromatic N) is 5. The molecule has 5 nitrogen and oxygen atoms in total. The van der Waals surface area contributed by atoms with Gasteiger partial charge in [0, 0.05) is 51.3 Å². The van der Waals surface area contributed by atoms with Gasteiger partial charge in [-0.15, -0.1) is 0 Å². The Morgan fingerprint density at radius 1 is 0.750 bits per heavy atom. The zero-order valence-electron chi connectivity index (χ0n) is 36.4. The molecule has 0 bridgehead atoms. The van der Waals surface area contributed by atoms with Gasteiger partial charge in [-0.1, -0.05) is 118 Å². The number of fused-ring (bicyclic) bond motifs is 8. The predicted molar refractivity (Wildman–Crippen MR) is 248 cm³/mol. The Bertz CT molecular complexity index is 3020. The van der Waals surface area contributed by atoms with Crippen LogP contribution in [0.3, 0.4) is 0 Å². The minimum absolute atomic E-state index is 0.112. The maximum atomic E-state index is 5.59. The van der Waals surface area contributed by atoms with Gasteiger partial charge in [-0.05, 0) is 117 Å². The second kappa shape index (κ2) is 13.6. The van der Waals surface area contributed by atoms with E-state index in [-0.39, 0.29) is 23.4 Å². The highest BCUT2D eigenvalue weighted by molar-refractivity contribution is 6.13. The second-order valence-electron chi connectivity index (χ2n) is 18.7. The number of para-hydroxylation sites is 1. The first kappa shape index (κ1) is 37.2. The Labute approximate surface area is 354 Å². The van der Waals surface area contributed by atoms with Crippen molar-refractivity contribution in [1.29, 1.82) is 0 Å². The first-order valence-electron chi connectivity index (χ1n) is 22.4. The van der Waals surface area contributed by atoms with Gasteiger partial charge in [0.15, 0.2) is 11.5 Å². The average Bonchev–Trinajstić information content (AvgIpc) is 3.73. The summed E-state index contributed by atoms with van der Waals surface area (Å²) in [5.41, 5.74) is 16.9. The maximum absolute atomic E-state index is 5.59. The Morgan fingerprint density at radius 2 is 1.47 bits per heavy atom. The van der Waals surface area contributed by atoms with Crippen LogP contribution in [0.1, 0.15) is 110 Å². The fourth-order valence-electron chi connectivity index (χ4n) is 12.2. The molecule has 0 radical (unpaired) electrons. The fraction of sp³-hybridized carbons (Fsp3) is 0.327. The summed E-state index contributed by atoms with van der Waals surface area (Å²) in [6.07, 6.45) is 8.94. The number of benzene rings is 5. The molecule has 3 aromatic heterocycles. The molecule has 0 N–H and O–H groups in total. The summed E-state index contributed by atoms with van der Waals surface area (Å²) in [6.45, 7) is 18.7. The predicted octanol–water partition coefficient (Wildman–Crippen LogP) is 13.3. The number of pyridine rings is 1. The summed E-state index contributed by atoms with van der Waals surface area (Å²) < 4.78 is 5.43. The molecule has 5 heteroatoms. The number of rotatable bonds is 5. The molecule has 0 saturated carbocycles. The normalized spacial score (nSPS) is 21.6. The summed E-state index contributed by atoms with van der Waals surface area (Å²) in [6, 6.07) is 39.3. The van der Waals surface area contributed by atoms with Crippen molar-refractivity contribution in [1.82, 2.24) is 14.4 Å². The summed E-state index contributed by atoms with van der Waals surface area (Å²) in [5, 5.41) is 4.10. The van der Waals surface area contributed by atoms with E-state index in [1.54, 1.807) is 0 Å². The molecule has 5 unspecified atom stereocenters. The standard InChI is InChI=1S/C55H56N5/c1-9-55(10-2)29-43(40-23-16-22-39-42-27-32(3)25-26-46(42)60-48(31-58(55)54(60)51(39)40)49-34(5)18-15-19-35(49)6)50-41-21-13-14-24-45(41)59-47(50)28-36(7)37(8)44-30-56-52(57-53(44)59)38-20-12-11-17-33(38)4/h11-27,30-31,36-37,43,47,50H,9-10,28-29H2,1-8H3/q+1. The first-order valence-corrected chi connectivity index (χ1v) is 22.4. The molecule has 300 valence electrons. The number of aryl methyl sites for hydroxylation is 4.